The van der Waals surface area contributed by atoms with E-state index in [1.54, 1.807) is 36.4 Å². The Kier molecular flexibility index (Phi) is 4.05. The second-order valence-corrected chi connectivity index (χ2v) is 7.43. The fraction of sp³-hybridized carbons (Fsp3) is 0.111. The highest BCUT2D eigenvalue weighted by Crippen LogP contribution is 2.25. The Morgan fingerprint density at radius 1 is 1.00 bits per heavy atom. The first-order chi connectivity index (χ1) is 10.9. The van der Waals surface area contributed by atoms with E-state index in [-0.39, 0.29) is 5.82 Å². The molecule has 5 heteroatoms. The number of benzene rings is 2. The molecule has 0 aromatic heterocycles. The number of sulfone groups is 1. The van der Waals surface area contributed by atoms with Gasteiger partial charge in [0, 0.05) is 24.7 Å². The van der Waals surface area contributed by atoms with Gasteiger partial charge in [-0.3, -0.25) is 0 Å². The van der Waals surface area contributed by atoms with E-state index in [1.807, 2.05) is 23.3 Å². The van der Waals surface area contributed by atoms with E-state index < -0.39 is 9.84 Å². The Balaban J connectivity index is 1.90. The number of rotatable bonds is 3. The first-order valence-corrected chi connectivity index (χ1v) is 9.04. The van der Waals surface area contributed by atoms with Crippen LogP contribution in [-0.2, 0) is 9.84 Å². The maximum absolute atomic E-state index is 13.0. The number of halogens is 1. The number of allylic oxidation sites excluding steroid dienone is 2. The van der Waals surface area contributed by atoms with Crippen LogP contribution < -0.4 is 4.90 Å². The van der Waals surface area contributed by atoms with Crippen LogP contribution in [0.2, 0.25) is 0 Å². The molecule has 2 aromatic carbocycles. The molecule has 1 aliphatic rings. The van der Waals surface area contributed by atoms with Crippen LogP contribution in [0.15, 0.2) is 71.8 Å². The summed E-state index contributed by atoms with van der Waals surface area (Å²) in [5, 5.41) is 0. The third-order valence-electron chi connectivity index (χ3n) is 3.67. The molecule has 0 aliphatic carbocycles. The van der Waals surface area contributed by atoms with Crippen molar-refractivity contribution in [1.82, 2.24) is 0 Å². The van der Waals surface area contributed by atoms with Gasteiger partial charge < -0.3 is 4.90 Å². The molecule has 0 bridgehead atoms. The summed E-state index contributed by atoms with van der Waals surface area (Å²) < 4.78 is 36.1. The van der Waals surface area contributed by atoms with Gasteiger partial charge in [-0.15, -0.1) is 0 Å². The van der Waals surface area contributed by atoms with Crippen LogP contribution in [0.1, 0.15) is 5.56 Å². The topological polar surface area (TPSA) is 37.4 Å². The van der Waals surface area contributed by atoms with Gasteiger partial charge in [-0.1, -0.05) is 24.3 Å². The first kappa shape index (κ1) is 15.5. The lowest BCUT2D eigenvalue weighted by Crippen LogP contribution is -2.18. The van der Waals surface area contributed by atoms with Crippen molar-refractivity contribution in [3.05, 3.63) is 78.3 Å². The molecule has 23 heavy (non-hydrogen) atoms. The van der Waals surface area contributed by atoms with Gasteiger partial charge in [0.2, 0.25) is 0 Å². The lowest BCUT2D eigenvalue weighted by molar-refractivity contribution is 0.602. The second-order valence-electron chi connectivity index (χ2n) is 5.41. The normalized spacial score (nSPS) is 14.7. The summed E-state index contributed by atoms with van der Waals surface area (Å²) >= 11 is 0. The molecule has 0 spiro atoms. The van der Waals surface area contributed by atoms with Crippen molar-refractivity contribution >= 4 is 21.1 Å². The van der Waals surface area contributed by atoms with Gasteiger partial charge in [0.25, 0.3) is 0 Å². The minimum absolute atomic E-state index is 0.262. The van der Waals surface area contributed by atoms with Crippen molar-refractivity contribution in [2.75, 3.05) is 17.7 Å². The first-order valence-electron chi connectivity index (χ1n) is 7.14. The number of hydrogen-bond acceptors (Lipinski definition) is 3. The monoisotopic (exact) mass is 329 g/mol. The van der Waals surface area contributed by atoms with Gasteiger partial charge in [-0.2, -0.15) is 0 Å². The van der Waals surface area contributed by atoms with E-state index in [2.05, 4.69) is 0 Å². The summed E-state index contributed by atoms with van der Waals surface area (Å²) in [5.41, 5.74) is 2.81. The van der Waals surface area contributed by atoms with Crippen LogP contribution in [0, 0.1) is 5.82 Å². The lowest BCUT2D eigenvalue weighted by atomic mass is 10.0. The van der Waals surface area contributed by atoms with E-state index >= 15 is 0 Å². The highest BCUT2D eigenvalue weighted by molar-refractivity contribution is 7.90. The molecule has 0 atom stereocenters. The average Bonchev–Trinajstić information content (AvgIpc) is 2.55. The minimum atomic E-state index is -3.19. The molecule has 3 rings (SSSR count). The number of nitrogens with zero attached hydrogens (tertiary/aromatic N) is 1. The van der Waals surface area contributed by atoms with E-state index in [1.165, 1.54) is 18.4 Å². The van der Waals surface area contributed by atoms with Crippen molar-refractivity contribution in [1.29, 1.82) is 0 Å². The SMILES string of the molecule is CS(=O)(=O)c1ccc(C2=CN(c3ccc(F)cc3)CC=C2)cc1. The summed E-state index contributed by atoms with van der Waals surface area (Å²) in [6.45, 7) is 0.705. The number of hydrogen-bond donors (Lipinski definition) is 0. The molecule has 0 radical (unpaired) electrons. The molecular formula is C18H16FNO2S. The largest absolute Gasteiger partial charge is 0.344 e. The standard InChI is InChI=1S/C18H16FNO2S/c1-23(21,22)18-10-4-14(5-11-18)15-3-2-12-20(13-15)17-8-6-16(19)7-9-17/h2-11,13H,12H2,1H3. The molecule has 2 aromatic rings. The number of anilines is 1. The third-order valence-corrected chi connectivity index (χ3v) is 4.80. The summed E-state index contributed by atoms with van der Waals surface area (Å²) in [4.78, 5) is 2.32. The van der Waals surface area contributed by atoms with E-state index in [0.29, 0.717) is 11.4 Å². The van der Waals surface area contributed by atoms with Gasteiger partial charge in [0.1, 0.15) is 5.82 Å². The zero-order valence-corrected chi connectivity index (χ0v) is 13.4. The molecule has 0 saturated carbocycles. The van der Waals surface area contributed by atoms with Crippen molar-refractivity contribution in [2.45, 2.75) is 4.90 Å². The summed E-state index contributed by atoms with van der Waals surface area (Å²) in [6, 6.07) is 13.1. The molecule has 0 fully saturated rings. The maximum Gasteiger partial charge on any atom is 0.175 e. The Morgan fingerprint density at radius 3 is 2.26 bits per heavy atom. The predicted molar refractivity (Wildman–Crippen MR) is 90.4 cm³/mol. The molecule has 0 saturated heterocycles. The highest BCUT2D eigenvalue weighted by Gasteiger charge is 2.11. The van der Waals surface area contributed by atoms with Gasteiger partial charge in [-0.05, 0) is 47.5 Å². The van der Waals surface area contributed by atoms with Crippen LogP contribution in [0.25, 0.3) is 5.57 Å². The van der Waals surface area contributed by atoms with Gasteiger partial charge in [-0.25, -0.2) is 12.8 Å². The van der Waals surface area contributed by atoms with Gasteiger partial charge in [0.05, 0.1) is 4.90 Å². The Labute approximate surface area is 135 Å². The maximum atomic E-state index is 13.0. The van der Waals surface area contributed by atoms with E-state index in [9.17, 15) is 12.8 Å². The minimum Gasteiger partial charge on any atom is -0.344 e. The zero-order chi connectivity index (χ0) is 16.4. The molecule has 3 nitrogen and oxygen atoms in total. The smallest absolute Gasteiger partial charge is 0.175 e. The second kappa shape index (κ2) is 6.01. The molecule has 1 heterocycles. The van der Waals surface area contributed by atoms with Crippen LogP contribution in [0.5, 0.6) is 0 Å². The van der Waals surface area contributed by atoms with Crippen molar-refractivity contribution in [3.63, 3.8) is 0 Å². The molecule has 0 amide bonds. The lowest BCUT2D eigenvalue weighted by Gasteiger charge is -2.23. The Hall–Kier alpha value is -2.40. The Morgan fingerprint density at radius 2 is 1.65 bits per heavy atom. The molecule has 1 aliphatic heterocycles. The van der Waals surface area contributed by atoms with Crippen LogP contribution in [0.3, 0.4) is 0 Å². The quantitative estimate of drug-likeness (QED) is 0.863. The summed E-state index contributed by atoms with van der Waals surface area (Å²) in [6.07, 6.45) is 7.18. The summed E-state index contributed by atoms with van der Waals surface area (Å²) in [7, 11) is -3.19. The highest BCUT2D eigenvalue weighted by atomic mass is 32.2. The fourth-order valence-electron chi connectivity index (χ4n) is 2.43. The zero-order valence-electron chi connectivity index (χ0n) is 12.6. The Bertz CT molecular complexity index is 866. The molecule has 118 valence electrons. The third kappa shape index (κ3) is 3.51. The van der Waals surface area contributed by atoms with E-state index in [4.69, 9.17) is 0 Å². The fourth-order valence-corrected chi connectivity index (χ4v) is 3.07. The summed E-state index contributed by atoms with van der Waals surface area (Å²) in [5.74, 6) is -0.262. The van der Waals surface area contributed by atoms with Crippen LogP contribution in [0.4, 0.5) is 10.1 Å². The molecular weight excluding hydrogens is 313 g/mol. The van der Waals surface area contributed by atoms with Crippen molar-refractivity contribution in [2.24, 2.45) is 0 Å². The van der Waals surface area contributed by atoms with E-state index in [0.717, 1.165) is 16.8 Å². The van der Waals surface area contributed by atoms with Crippen molar-refractivity contribution in [3.8, 4) is 0 Å². The van der Waals surface area contributed by atoms with Crippen LogP contribution >= 0.6 is 0 Å². The van der Waals surface area contributed by atoms with Crippen LogP contribution in [-0.4, -0.2) is 21.2 Å². The van der Waals surface area contributed by atoms with Gasteiger partial charge >= 0.3 is 0 Å². The van der Waals surface area contributed by atoms with Gasteiger partial charge in [0.15, 0.2) is 9.84 Å². The predicted octanol–water partition coefficient (Wildman–Crippen LogP) is 3.65. The molecule has 0 unspecified atom stereocenters. The average molecular weight is 329 g/mol. The van der Waals surface area contributed by atoms with Crippen molar-refractivity contribution < 1.29 is 12.8 Å². The molecule has 0 N–H and O–H groups in total.